The molecule has 19 heavy (non-hydrogen) atoms. The van der Waals surface area contributed by atoms with E-state index in [1.54, 1.807) is 5.56 Å². The Morgan fingerprint density at radius 1 is 1.32 bits per heavy atom. The van der Waals surface area contributed by atoms with Gasteiger partial charge in [-0.1, -0.05) is 25.1 Å². The molecule has 2 aliphatic heterocycles. The van der Waals surface area contributed by atoms with Gasteiger partial charge in [0.25, 0.3) is 0 Å². The first-order valence-electron chi connectivity index (χ1n) is 7.45. The molecule has 2 aliphatic rings. The molecule has 1 fully saturated rings. The molecule has 3 unspecified atom stereocenters. The predicted octanol–water partition coefficient (Wildman–Crippen LogP) is 3.14. The molecule has 1 saturated heterocycles. The second kappa shape index (κ2) is 5.86. The molecule has 0 aliphatic carbocycles. The average molecular weight is 276 g/mol. The molecule has 0 bridgehead atoms. The van der Waals surface area contributed by atoms with Gasteiger partial charge in [0.2, 0.25) is 0 Å². The number of nitrogens with zero attached hydrogens (tertiary/aromatic N) is 1. The normalized spacial score (nSPS) is 32.0. The smallest absolute Gasteiger partial charge is 0.0367 e. The number of hydrogen-bond acceptors (Lipinski definition) is 3. The highest BCUT2D eigenvalue weighted by atomic mass is 32.2. The molecule has 3 atom stereocenters. The third-order valence-electron chi connectivity index (χ3n) is 4.82. The largest absolute Gasteiger partial charge is 0.330 e. The average Bonchev–Trinajstić information content (AvgIpc) is 2.47. The lowest BCUT2D eigenvalue weighted by molar-refractivity contribution is 0.0872. The highest BCUT2D eigenvalue weighted by Crippen LogP contribution is 2.41. The fourth-order valence-electron chi connectivity index (χ4n) is 3.47. The van der Waals surface area contributed by atoms with E-state index in [0.29, 0.717) is 12.0 Å². The molecule has 0 radical (unpaired) electrons. The van der Waals surface area contributed by atoms with Crippen molar-refractivity contribution in [3.63, 3.8) is 0 Å². The van der Waals surface area contributed by atoms with Crippen molar-refractivity contribution in [1.29, 1.82) is 0 Å². The summed E-state index contributed by atoms with van der Waals surface area (Å²) in [7, 11) is 0. The van der Waals surface area contributed by atoms with Crippen LogP contribution in [0.4, 0.5) is 0 Å². The molecule has 1 aromatic rings. The summed E-state index contributed by atoms with van der Waals surface area (Å²) in [6.45, 7) is 5.61. The third-order valence-corrected chi connectivity index (χ3v) is 5.94. The fraction of sp³-hybridized carbons (Fsp3) is 0.625. The Labute approximate surface area is 120 Å². The van der Waals surface area contributed by atoms with Gasteiger partial charge in [-0.15, -0.1) is 11.8 Å². The van der Waals surface area contributed by atoms with Crippen molar-refractivity contribution in [2.75, 3.05) is 25.4 Å². The van der Waals surface area contributed by atoms with Gasteiger partial charge in [0.1, 0.15) is 0 Å². The monoisotopic (exact) mass is 276 g/mol. The predicted molar refractivity (Wildman–Crippen MR) is 82.4 cm³/mol. The van der Waals surface area contributed by atoms with Gasteiger partial charge < -0.3 is 5.73 Å². The van der Waals surface area contributed by atoms with Crippen LogP contribution >= 0.6 is 11.8 Å². The minimum Gasteiger partial charge on any atom is -0.330 e. The Morgan fingerprint density at radius 3 is 3.00 bits per heavy atom. The quantitative estimate of drug-likeness (QED) is 0.900. The number of fused-ring (bicyclic) bond motifs is 1. The van der Waals surface area contributed by atoms with Gasteiger partial charge in [0.05, 0.1) is 0 Å². The maximum Gasteiger partial charge on any atom is 0.0367 e. The zero-order chi connectivity index (χ0) is 13.2. The van der Waals surface area contributed by atoms with E-state index in [1.165, 1.54) is 36.6 Å². The number of thioether (sulfide) groups is 1. The first kappa shape index (κ1) is 13.5. The fourth-order valence-corrected chi connectivity index (χ4v) is 4.58. The van der Waals surface area contributed by atoms with E-state index in [2.05, 4.69) is 36.1 Å². The van der Waals surface area contributed by atoms with Crippen molar-refractivity contribution in [2.24, 2.45) is 17.6 Å². The zero-order valence-corrected chi connectivity index (χ0v) is 12.5. The van der Waals surface area contributed by atoms with Crippen LogP contribution in [-0.4, -0.2) is 30.3 Å². The summed E-state index contributed by atoms with van der Waals surface area (Å²) < 4.78 is 0. The Kier molecular flexibility index (Phi) is 4.15. The SMILES string of the molecule is CC1CCN(C2CCSc3ccccc32)CC1CN. The van der Waals surface area contributed by atoms with Gasteiger partial charge in [-0.25, -0.2) is 0 Å². The Morgan fingerprint density at radius 2 is 2.16 bits per heavy atom. The van der Waals surface area contributed by atoms with Crippen LogP contribution in [0.25, 0.3) is 0 Å². The van der Waals surface area contributed by atoms with Gasteiger partial charge in [0, 0.05) is 17.5 Å². The van der Waals surface area contributed by atoms with Crippen molar-refractivity contribution in [1.82, 2.24) is 4.90 Å². The van der Waals surface area contributed by atoms with Gasteiger partial charge in [-0.05, 0) is 55.1 Å². The van der Waals surface area contributed by atoms with Crippen LogP contribution in [0.15, 0.2) is 29.2 Å². The lowest BCUT2D eigenvalue weighted by Gasteiger charge is -2.42. The molecule has 2 heterocycles. The van der Waals surface area contributed by atoms with Crippen molar-refractivity contribution in [3.8, 4) is 0 Å². The van der Waals surface area contributed by atoms with Gasteiger partial charge in [-0.3, -0.25) is 4.90 Å². The number of nitrogens with two attached hydrogens (primary N) is 1. The van der Waals surface area contributed by atoms with Gasteiger partial charge >= 0.3 is 0 Å². The van der Waals surface area contributed by atoms with E-state index in [9.17, 15) is 0 Å². The zero-order valence-electron chi connectivity index (χ0n) is 11.7. The van der Waals surface area contributed by atoms with Gasteiger partial charge in [-0.2, -0.15) is 0 Å². The Balaban J connectivity index is 1.80. The van der Waals surface area contributed by atoms with Crippen LogP contribution < -0.4 is 5.73 Å². The Hall–Kier alpha value is -0.510. The minimum atomic E-state index is 0.624. The van der Waals surface area contributed by atoms with E-state index in [-0.39, 0.29) is 0 Å². The highest BCUT2D eigenvalue weighted by Gasteiger charge is 2.32. The first-order valence-corrected chi connectivity index (χ1v) is 8.44. The molecular formula is C16H24N2S. The molecule has 104 valence electrons. The standard InChI is InChI=1S/C16H24N2S/c1-12-6-8-18(11-13(12)10-17)15-7-9-19-16-5-3-2-4-14(15)16/h2-5,12-13,15H,6-11,17H2,1H3. The summed E-state index contributed by atoms with van der Waals surface area (Å²) in [6.07, 6.45) is 2.58. The number of piperidine rings is 1. The first-order chi connectivity index (χ1) is 9.29. The molecule has 3 rings (SSSR count). The number of rotatable bonds is 2. The van der Waals surface area contributed by atoms with E-state index in [1.807, 2.05) is 11.8 Å². The molecule has 2 nitrogen and oxygen atoms in total. The lowest BCUT2D eigenvalue weighted by atomic mass is 9.85. The van der Waals surface area contributed by atoms with Crippen LogP contribution in [0.3, 0.4) is 0 Å². The summed E-state index contributed by atoms with van der Waals surface area (Å²) in [4.78, 5) is 4.18. The minimum absolute atomic E-state index is 0.624. The molecule has 1 aromatic carbocycles. The number of likely N-dealkylation sites (tertiary alicyclic amines) is 1. The van der Waals surface area contributed by atoms with E-state index >= 15 is 0 Å². The molecule has 0 aromatic heterocycles. The second-order valence-electron chi connectivity index (χ2n) is 5.95. The molecular weight excluding hydrogens is 252 g/mol. The summed E-state index contributed by atoms with van der Waals surface area (Å²) in [5.41, 5.74) is 7.49. The maximum absolute atomic E-state index is 5.95. The molecule has 0 saturated carbocycles. The van der Waals surface area contributed by atoms with Crippen LogP contribution in [-0.2, 0) is 0 Å². The van der Waals surface area contributed by atoms with Crippen LogP contribution in [0.1, 0.15) is 31.4 Å². The second-order valence-corrected chi connectivity index (χ2v) is 7.08. The van der Waals surface area contributed by atoms with E-state index in [0.717, 1.165) is 12.5 Å². The van der Waals surface area contributed by atoms with E-state index in [4.69, 9.17) is 5.73 Å². The Bertz CT molecular complexity index is 435. The van der Waals surface area contributed by atoms with Crippen LogP contribution in [0.2, 0.25) is 0 Å². The maximum atomic E-state index is 5.95. The van der Waals surface area contributed by atoms with Crippen molar-refractivity contribution < 1.29 is 0 Å². The number of hydrogen-bond donors (Lipinski definition) is 1. The molecule has 2 N–H and O–H groups in total. The van der Waals surface area contributed by atoms with Crippen molar-refractivity contribution in [3.05, 3.63) is 29.8 Å². The van der Waals surface area contributed by atoms with E-state index < -0.39 is 0 Å². The summed E-state index contributed by atoms with van der Waals surface area (Å²) in [6, 6.07) is 9.57. The summed E-state index contributed by atoms with van der Waals surface area (Å²) in [5.74, 6) is 2.71. The van der Waals surface area contributed by atoms with Crippen molar-refractivity contribution >= 4 is 11.8 Å². The molecule has 0 spiro atoms. The van der Waals surface area contributed by atoms with Crippen LogP contribution in [0.5, 0.6) is 0 Å². The lowest BCUT2D eigenvalue weighted by Crippen LogP contribution is -2.44. The summed E-state index contributed by atoms with van der Waals surface area (Å²) in [5, 5.41) is 0. The van der Waals surface area contributed by atoms with Crippen molar-refractivity contribution in [2.45, 2.75) is 30.7 Å². The number of benzene rings is 1. The highest BCUT2D eigenvalue weighted by molar-refractivity contribution is 7.99. The molecule has 3 heteroatoms. The molecule has 0 amide bonds. The van der Waals surface area contributed by atoms with Gasteiger partial charge in [0.15, 0.2) is 0 Å². The topological polar surface area (TPSA) is 29.3 Å². The summed E-state index contributed by atoms with van der Waals surface area (Å²) >= 11 is 2.01. The third kappa shape index (κ3) is 2.69. The van der Waals surface area contributed by atoms with Crippen LogP contribution in [0, 0.1) is 11.8 Å².